The Morgan fingerprint density at radius 1 is 1.00 bits per heavy atom. The van der Waals surface area contributed by atoms with Crippen LogP contribution >= 0.6 is 0 Å². The molecule has 108 valence electrons. The van der Waals surface area contributed by atoms with E-state index in [0.29, 0.717) is 12.3 Å². The van der Waals surface area contributed by atoms with E-state index in [4.69, 9.17) is 0 Å². The van der Waals surface area contributed by atoms with Crippen LogP contribution in [0, 0.1) is 0 Å². The zero-order chi connectivity index (χ0) is 14.6. The molecule has 0 amide bonds. The fraction of sp³-hybridized carbons (Fsp3) is 0.600. The molecule has 1 rings (SSSR count). The molecule has 3 N–H and O–H groups in total. The van der Waals surface area contributed by atoms with Crippen molar-refractivity contribution in [2.75, 3.05) is 0 Å². The molecule has 1 aromatic carbocycles. The Balaban J connectivity index is 3.06. The molecule has 0 spiro atoms. The summed E-state index contributed by atoms with van der Waals surface area (Å²) in [6.07, 6.45) is 0.0828. The standard InChI is InChI=1S/C15H25NO3/c1-5-13-7-12(8-14(6-2)15(13)19)9-16(10(3)17)11(4)18/h7-8,10-11,17-19H,5-6,9H2,1-4H3. The summed E-state index contributed by atoms with van der Waals surface area (Å²) in [6.45, 7) is 7.72. The summed E-state index contributed by atoms with van der Waals surface area (Å²) >= 11 is 0. The van der Waals surface area contributed by atoms with Crippen LogP contribution in [0.3, 0.4) is 0 Å². The monoisotopic (exact) mass is 267 g/mol. The summed E-state index contributed by atoms with van der Waals surface area (Å²) in [6, 6.07) is 3.87. The first kappa shape index (κ1) is 16.0. The fourth-order valence-electron chi connectivity index (χ4n) is 2.25. The lowest BCUT2D eigenvalue weighted by Gasteiger charge is -2.28. The van der Waals surface area contributed by atoms with Gasteiger partial charge in [0.15, 0.2) is 0 Å². The second-order valence-corrected chi connectivity index (χ2v) is 4.91. The molecule has 0 aromatic heterocycles. The Hall–Kier alpha value is -1.10. The van der Waals surface area contributed by atoms with Gasteiger partial charge in [0.25, 0.3) is 0 Å². The molecule has 0 aliphatic rings. The zero-order valence-corrected chi connectivity index (χ0v) is 12.2. The molecule has 2 unspecified atom stereocenters. The molecular formula is C15H25NO3. The highest BCUT2D eigenvalue weighted by Crippen LogP contribution is 2.26. The lowest BCUT2D eigenvalue weighted by atomic mass is 10.00. The van der Waals surface area contributed by atoms with Gasteiger partial charge in [-0.25, -0.2) is 4.90 Å². The zero-order valence-electron chi connectivity index (χ0n) is 12.2. The van der Waals surface area contributed by atoms with Crippen molar-refractivity contribution in [2.24, 2.45) is 0 Å². The van der Waals surface area contributed by atoms with Crippen molar-refractivity contribution in [1.82, 2.24) is 4.90 Å². The highest BCUT2D eigenvalue weighted by atomic mass is 16.3. The normalized spacial score (nSPS) is 14.7. The molecule has 0 aliphatic carbocycles. The number of nitrogens with zero attached hydrogens (tertiary/aromatic N) is 1. The minimum Gasteiger partial charge on any atom is -0.507 e. The number of aromatic hydroxyl groups is 1. The average molecular weight is 267 g/mol. The summed E-state index contributed by atoms with van der Waals surface area (Å²) in [5.74, 6) is 0.370. The van der Waals surface area contributed by atoms with Crippen molar-refractivity contribution < 1.29 is 15.3 Å². The van der Waals surface area contributed by atoms with Gasteiger partial charge in [0.1, 0.15) is 18.2 Å². The van der Waals surface area contributed by atoms with Crippen molar-refractivity contribution >= 4 is 0 Å². The number of aliphatic hydroxyl groups excluding tert-OH is 2. The van der Waals surface area contributed by atoms with Crippen LogP contribution in [0.15, 0.2) is 12.1 Å². The Bertz CT molecular complexity index is 383. The van der Waals surface area contributed by atoms with E-state index in [1.54, 1.807) is 18.7 Å². The highest BCUT2D eigenvalue weighted by Gasteiger charge is 2.17. The van der Waals surface area contributed by atoms with E-state index in [1.165, 1.54) is 0 Å². The van der Waals surface area contributed by atoms with E-state index in [1.807, 2.05) is 26.0 Å². The van der Waals surface area contributed by atoms with E-state index in [0.717, 1.165) is 29.5 Å². The topological polar surface area (TPSA) is 63.9 Å². The maximum Gasteiger partial charge on any atom is 0.121 e. The predicted octanol–water partition coefficient (Wildman–Crippen LogP) is 2.00. The summed E-state index contributed by atoms with van der Waals surface area (Å²) < 4.78 is 0. The molecule has 19 heavy (non-hydrogen) atoms. The number of hydrogen-bond donors (Lipinski definition) is 3. The molecule has 4 heteroatoms. The summed E-state index contributed by atoms with van der Waals surface area (Å²) in [4.78, 5) is 1.59. The van der Waals surface area contributed by atoms with Crippen molar-refractivity contribution in [2.45, 2.75) is 59.5 Å². The maximum atomic E-state index is 10.1. The minimum atomic E-state index is -0.719. The van der Waals surface area contributed by atoms with Crippen LogP contribution in [0.25, 0.3) is 0 Å². The Kier molecular flexibility index (Phi) is 5.79. The molecule has 0 heterocycles. The van der Waals surface area contributed by atoms with Gasteiger partial charge in [-0.15, -0.1) is 0 Å². The molecular weight excluding hydrogens is 242 g/mol. The summed E-state index contributed by atoms with van der Waals surface area (Å²) in [7, 11) is 0. The third kappa shape index (κ3) is 3.93. The third-order valence-electron chi connectivity index (χ3n) is 3.41. The van der Waals surface area contributed by atoms with E-state index in [2.05, 4.69) is 0 Å². The first-order valence-corrected chi connectivity index (χ1v) is 6.86. The molecule has 4 nitrogen and oxygen atoms in total. The second kappa shape index (κ2) is 6.89. The lowest BCUT2D eigenvalue weighted by Crippen LogP contribution is -2.39. The smallest absolute Gasteiger partial charge is 0.121 e. The second-order valence-electron chi connectivity index (χ2n) is 4.91. The van der Waals surface area contributed by atoms with Crippen LogP contribution in [0.5, 0.6) is 5.75 Å². The fourth-order valence-corrected chi connectivity index (χ4v) is 2.25. The third-order valence-corrected chi connectivity index (χ3v) is 3.41. The maximum absolute atomic E-state index is 10.1. The van der Waals surface area contributed by atoms with Gasteiger partial charge in [0.2, 0.25) is 0 Å². The van der Waals surface area contributed by atoms with E-state index in [9.17, 15) is 15.3 Å². The Morgan fingerprint density at radius 3 is 1.74 bits per heavy atom. The summed E-state index contributed by atoms with van der Waals surface area (Å²) in [5.41, 5.74) is 2.81. The Labute approximate surface area is 115 Å². The molecule has 1 aromatic rings. The first-order valence-electron chi connectivity index (χ1n) is 6.86. The number of benzene rings is 1. The van der Waals surface area contributed by atoms with E-state index >= 15 is 0 Å². The van der Waals surface area contributed by atoms with Crippen LogP contribution in [0.4, 0.5) is 0 Å². The molecule has 0 radical (unpaired) electrons. The van der Waals surface area contributed by atoms with Crippen LogP contribution in [0.2, 0.25) is 0 Å². The molecule has 0 fully saturated rings. The highest BCUT2D eigenvalue weighted by molar-refractivity contribution is 5.43. The minimum absolute atomic E-state index is 0.370. The van der Waals surface area contributed by atoms with Crippen LogP contribution < -0.4 is 0 Å². The number of rotatable bonds is 6. The van der Waals surface area contributed by atoms with Crippen molar-refractivity contribution in [3.8, 4) is 5.75 Å². The van der Waals surface area contributed by atoms with Crippen molar-refractivity contribution in [3.63, 3.8) is 0 Å². The molecule has 0 bridgehead atoms. The van der Waals surface area contributed by atoms with Gasteiger partial charge >= 0.3 is 0 Å². The molecule has 0 saturated heterocycles. The van der Waals surface area contributed by atoms with E-state index < -0.39 is 12.5 Å². The largest absolute Gasteiger partial charge is 0.507 e. The predicted molar refractivity (Wildman–Crippen MR) is 75.8 cm³/mol. The number of hydrogen-bond acceptors (Lipinski definition) is 4. The molecule has 2 atom stereocenters. The van der Waals surface area contributed by atoms with Gasteiger partial charge in [0.05, 0.1) is 0 Å². The van der Waals surface area contributed by atoms with Gasteiger partial charge in [-0.1, -0.05) is 26.0 Å². The SMILES string of the molecule is CCc1cc(CN(C(C)O)C(C)O)cc(CC)c1O. The van der Waals surface area contributed by atoms with Crippen molar-refractivity contribution in [3.05, 3.63) is 28.8 Å². The average Bonchev–Trinajstić information content (AvgIpc) is 2.36. The van der Waals surface area contributed by atoms with E-state index in [-0.39, 0.29) is 0 Å². The van der Waals surface area contributed by atoms with Gasteiger partial charge in [-0.05, 0) is 43.4 Å². The quantitative estimate of drug-likeness (QED) is 0.690. The number of phenolic OH excluding ortho intramolecular Hbond substituents is 1. The Morgan fingerprint density at radius 2 is 1.42 bits per heavy atom. The van der Waals surface area contributed by atoms with Gasteiger partial charge in [-0.3, -0.25) is 0 Å². The lowest BCUT2D eigenvalue weighted by molar-refractivity contribution is -0.0897. The van der Waals surface area contributed by atoms with Crippen LogP contribution in [0.1, 0.15) is 44.4 Å². The van der Waals surface area contributed by atoms with Gasteiger partial charge < -0.3 is 15.3 Å². The summed E-state index contributed by atoms with van der Waals surface area (Å²) in [5, 5.41) is 29.4. The van der Waals surface area contributed by atoms with Crippen LogP contribution in [-0.2, 0) is 19.4 Å². The molecule has 0 saturated carbocycles. The number of aliphatic hydroxyl groups is 2. The van der Waals surface area contributed by atoms with Crippen molar-refractivity contribution in [1.29, 1.82) is 0 Å². The molecule has 0 aliphatic heterocycles. The van der Waals surface area contributed by atoms with Gasteiger partial charge in [-0.2, -0.15) is 0 Å². The van der Waals surface area contributed by atoms with Crippen LogP contribution in [-0.4, -0.2) is 32.7 Å². The first-order chi connectivity index (χ1) is 8.90. The number of phenols is 1. The number of aryl methyl sites for hydroxylation is 2. The van der Waals surface area contributed by atoms with Gasteiger partial charge in [0, 0.05) is 6.54 Å².